The number of fused-ring (bicyclic) bond motifs is 1. The summed E-state index contributed by atoms with van der Waals surface area (Å²) in [5, 5.41) is 0.392. The van der Waals surface area contributed by atoms with Gasteiger partial charge in [-0.05, 0) is 13.0 Å². The predicted molar refractivity (Wildman–Crippen MR) is 63.8 cm³/mol. The van der Waals surface area contributed by atoms with Gasteiger partial charge in [0.2, 0.25) is 0 Å². The number of aryl methyl sites for hydroxylation is 1. The first-order chi connectivity index (χ1) is 8.22. The fourth-order valence-electron chi connectivity index (χ4n) is 1.62. The topological polar surface area (TPSA) is 57.0 Å². The van der Waals surface area contributed by atoms with E-state index in [0.717, 1.165) is 11.0 Å². The lowest BCUT2D eigenvalue weighted by Gasteiger charge is -2.05. The minimum atomic E-state index is -0.220. The molecule has 5 nitrogen and oxygen atoms in total. The Balaban J connectivity index is 2.16. The van der Waals surface area contributed by atoms with Crippen LogP contribution in [0.1, 0.15) is 13.3 Å². The number of hydrogen-bond acceptors (Lipinski definition) is 4. The van der Waals surface area contributed by atoms with Crippen LogP contribution in [0.5, 0.6) is 0 Å². The fraction of sp³-hybridized carbons (Fsp3) is 0.364. The molecule has 0 N–H and O–H groups in total. The molecular formula is C11H12ClN3O2. The van der Waals surface area contributed by atoms with E-state index in [9.17, 15) is 4.79 Å². The zero-order valence-electron chi connectivity index (χ0n) is 9.39. The van der Waals surface area contributed by atoms with Crippen LogP contribution in [0.4, 0.5) is 0 Å². The summed E-state index contributed by atoms with van der Waals surface area (Å²) < 4.78 is 6.72. The summed E-state index contributed by atoms with van der Waals surface area (Å²) in [6.45, 7) is 2.69. The van der Waals surface area contributed by atoms with Gasteiger partial charge in [0, 0.05) is 12.7 Å². The molecule has 2 aromatic heterocycles. The minimum Gasteiger partial charge on any atom is -0.466 e. The molecule has 0 aliphatic carbocycles. The van der Waals surface area contributed by atoms with Crippen molar-refractivity contribution in [2.45, 2.75) is 19.9 Å². The van der Waals surface area contributed by atoms with Crippen molar-refractivity contribution in [3.63, 3.8) is 0 Å². The van der Waals surface area contributed by atoms with Crippen LogP contribution in [0.25, 0.3) is 11.0 Å². The number of nitrogens with zero attached hydrogens (tertiary/aromatic N) is 3. The maximum absolute atomic E-state index is 11.3. The Labute approximate surface area is 103 Å². The van der Waals surface area contributed by atoms with E-state index >= 15 is 0 Å². The van der Waals surface area contributed by atoms with Gasteiger partial charge in [-0.1, -0.05) is 11.6 Å². The van der Waals surface area contributed by atoms with Crippen molar-refractivity contribution in [3.8, 4) is 0 Å². The van der Waals surface area contributed by atoms with E-state index in [0.29, 0.717) is 24.7 Å². The van der Waals surface area contributed by atoms with E-state index in [1.807, 2.05) is 16.8 Å². The van der Waals surface area contributed by atoms with Gasteiger partial charge >= 0.3 is 5.97 Å². The number of carbonyl (C=O) groups is 1. The minimum absolute atomic E-state index is 0.220. The highest BCUT2D eigenvalue weighted by atomic mass is 35.5. The van der Waals surface area contributed by atoms with Gasteiger partial charge in [-0.25, -0.2) is 9.97 Å². The zero-order valence-corrected chi connectivity index (χ0v) is 10.1. The molecule has 0 aromatic carbocycles. The van der Waals surface area contributed by atoms with Crippen LogP contribution >= 0.6 is 11.6 Å². The van der Waals surface area contributed by atoms with E-state index in [1.54, 1.807) is 6.92 Å². The van der Waals surface area contributed by atoms with Gasteiger partial charge in [0.15, 0.2) is 5.15 Å². The second-order valence-electron chi connectivity index (χ2n) is 3.46. The van der Waals surface area contributed by atoms with E-state index in [2.05, 4.69) is 9.97 Å². The van der Waals surface area contributed by atoms with Crippen molar-refractivity contribution in [1.29, 1.82) is 0 Å². The number of esters is 1. The molecule has 0 bridgehead atoms. The van der Waals surface area contributed by atoms with E-state index in [4.69, 9.17) is 16.3 Å². The second-order valence-corrected chi connectivity index (χ2v) is 3.82. The standard InChI is InChI=1S/C11H12ClN3O2/c1-2-17-9(16)4-6-15-5-3-8-10(15)11(12)14-7-13-8/h3,5,7H,2,4,6H2,1H3. The summed E-state index contributed by atoms with van der Waals surface area (Å²) in [7, 11) is 0. The largest absolute Gasteiger partial charge is 0.466 e. The van der Waals surface area contributed by atoms with Gasteiger partial charge in [-0.3, -0.25) is 4.79 Å². The fourth-order valence-corrected chi connectivity index (χ4v) is 1.87. The molecule has 17 heavy (non-hydrogen) atoms. The van der Waals surface area contributed by atoms with Crippen LogP contribution < -0.4 is 0 Å². The van der Waals surface area contributed by atoms with Gasteiger partial charge in [0.05, 0.1) is 18.5 Å². The lowest BCUT2D eigenvalue weighted by atomic mass is 10.4. The molecule has 0 unspecified atom stereocenters. The van der Waals surface area contributed by atoms with Crippen LogP contribution in [-0.2, 0) is 16.1 Å². The molecule has 0 saturated carbocycles. The molecule has 2 rings (SSSR count). The monoisotopic (exact) mass is 253 g/mol. The molecule has 0 fully saturated rings. The van der Waals surface area contributed by atoms with Gasteiger partial charge in [-0.2, -0.15) is 0 Å². The van der Waals surface area contributed by atoms with Crippen molar-refractivity contribution in [2.75, 3.05) is 6.61 Å². The Morgan fingerprint density at radius 2 is 2.35 bits per heavy atom. The van der Waals surface area contributed by atoms with Crippen LogP contribution in [-0.4, -0.2) is 27.1 Å². The molecule has 2 heterocycles. The molecule has 2 aromatic rings. The number of halogens is 1. The average molecular weight is 254 g/mol. The Hall–Kier alpha value is -1.62. The summed E-state index contributed by atoms with van der Waals surface area (Å²) >= 11 is 5.99. The number of hydrogen-bond donors (Lipinski definition) is 0. The Morgan fingerprint density at radius 3 is 3.12 bits per heavy atom. The summed E-state index contributed by atoms with van der Waals surface area (Å²) in [5.74, 6) is -0.220. The predicted octanol–water partition coefficient (Wildman–Crippen LogP) is 2.04. The van der Waals surface area contributed by atoms with Crippen LogP contribution in [0.2, 0.25) is 5.15 Å². The van der Waals surface area contributed by atoms with E-state index in [1.165, 1.54) is 6.33 Å². The third-order valence-electron chi connectivity index (χ3n) is 2.37. The molecular weight excluding hydrogens is 242 g/mol. The van der Waals surface area contributed by atoms with Crippen molar-refractivity contribution >= 4 is 28.6 Å². The van der Waals surface area contributed by atoms with E-state index < -0.39 is 0 Å². The molecule has 0 radical (unpaired) electrons. The molecule has 90 valence electrons. The van der Waals surface area contributed by atoms with Gasteiger partial charge in [-0.15, -0.1) is 0 Å². The SMILES string of the molecule is CCOC(=O)CCn1ccc2ncnc(Cl)c21. The summed E-state index contributed by atoms with van der Waals surface area (Å²) in [6.07, 6.45) is 3.56. The number of aromatic nitrogens is 3. The summed E-state index contributed by atoms with van der Waals surface area (Å²) in [6, 6.07) is 1.84. The van der Waals surface area contributed by atoms with Crippen LogP contribution in [0.15, 0.2) is 18.6 Å². The average Bonchev–Trinajstić information content (AvgIpc) is 2.71. The molecule has 0 spiro atoms. The molecule has 0 aliphatic heterocycles. The summed E-state index contributed by atoms with van der Waals surface area (Å²) in [4.78, 5) is 19.3. The molecule has 0 saturated heterocycles. The van der Waals surface area contributed by atoms with Crippen molar-refractivity contribution in [1.82, 2.24) is 14.5 Å². The molecule has 0 atom stereocenters. The van der Waals surface area contributed by atoms with Crippen molar-refractivity contribution in [3.05, 3.63) is 23.7 Å². The third-order valence-corrected chi connectivity index (χ3v) is 2.64. The third kappa shape index (κ3) is 2.55. The maximum Gasteiger partial charge on any atom is 0.307 e. The highest BCUT2D eigenvalue weighted by molar-refractivity contribution is 6.33. The lowest BCUT2D eigenvalue weighted by molar-refractivity contribution is -0.143. The van der Waals surface area contributed by atoms with Crippen LogP contribution in [0.3, 0.4) is 0 Å². The van der Waals surface area contributed by atoms with Crippen molar-refractivity contribution < 1.29 is 9.53 Å². The Bertz CT molecular complexity index is 538. The molecule has 0 aliphatic rings. The number of rotatable bonds is 4. The zero-order chi connectivity index (χ0) is 12.3. The smallest absolute Gasteiger partial charge is 0.307 e. The molecule has 0 amide bonds. The highest BCUT2D eigenvalue weighted by Crippen LogP contribution is 2.20. The first-order valence-electron chi connectivity index (χ1n) is 5.33. The van der Waals surface area contributed by atoms with Crippen molar-refractivity contribution in [2.24, 2.45) is 0 Å². The normalized spacial score (nSPS) is 10.7. The highest BCUT2D eigenvalue weighted by Gasteiger charge is 2.09. The maximum atomic E-state index is 11.3. The lowest BCUT2D eigenvalue weighted by Crippen LogP contribution is -2.08. The molecule has 6 heteroatoms. The second kappa shape index (κ2) is 5.14. The van der Waals surface area contributed by atoms with E-state index in [-0.39, 0.29) is 5.97 Å². The first kappa shape index (κ1) is 11.9. The Morgan fingerprint density at radius 1 is 1.53 bits per heavy atom. The van der Waals surface area contributed by atoms with Gasteiger partial charge < -0.3 is 9.30 Å². The first-order valence-corrected chi connectivity index (χ1v) is 5.71. The van der Waals surface area contributed by atoms with Crippen LogP contribution in [0, 0.1) is 0 Å². The number of ether oxygens (including phenoxy) is 1. The summed E-state index contributed by atoms with van der Waals surface area (Å²) in [5.41, 5.74) is 1.52. The van der Waals surface area contributed by atoms with Gasteiger partial charge in [0.25, 0.3) is 0 Å². The Kier molecular flexibility index (Phi) is 3.58. The number of carbonyl (C=O) groups excluding carboxylic acids is 1. The quantitative estimate of drug-likeness (QED) is 0.618. The van der Waals surface area contributed by atoms with Gasteiger partial charge in [0.1, 0.15) is 11.8 Å².